The van der Waals surface area contributed by atoms with Crippen molar-refractivity contribution >= 4 is 16.3 Å². The average molecular weight is 148 g/mol. The summed E-state index contributed by atoms with van der Waals surface area (Å²) in [6, 6.07) is 8.83. The SMILES string of the molecule is Cc1ccc(C[CH2][AlH2])cc1. The minimum absolute atomic E-state index is 1.27. The van der Waals surface area contributed by atoms with Crippen molar-refractivity contribution in [2.24, 2.45) is 0 Å². The molecule has 1 heteroatoms. The predicted octanol–water partition coefficient (Wildman–Crippen LogP) is 1.59. The number of rotatable bonds is 2. The molecule has 0 aliphatic rings. The van der Waals surface area contributed by atoms with Crippen molar-refractivity contribution in [2.45, 2.75) is 18.6 Å². The Labute approximate surface area is 70.7 Å². The Morgan fingerprint density at radius 3 is 2.30 bits per heavy atom. The van der Waals surface area contributed by atoms with Crippen molar-refractivity contribution in [1.82, 2.24) is 0 Å². The summed E-state index contributed by atoms with van der Waals surface area (Å²) in [7, 11) is 0. The van der Waals surface area contributed by atoms with Crippen molar-refractivity contribution < 1.29 is 0 Å². The number of hydrogen-bond donors (Lipinski definition) is 0. The molecule has 0 atom stereocenters. The minimum Gasteiger partial charge on any atom is -0.0973 e. The molecule has 0 fully saturated rings. The van der Waals surface area contributed by atoms with Gasteiger partial charge in [0.2, 0.25) is 16.3 Å². The molecule has 0 amide bonds. The fourth-order valence-electron chi connectivity index (χ4n) is 1.04. The Morgan fingerprint density at radius 2 is 1.80 bits per heavy atom. The second-order valence-electron chi connectivity index (χ2n) is 2.74. The summed E-state index contributed by atoms with van der Waals surface area (Å²) in [5, 5.41) is 1.38. The fraction of sp³-hybridized carbons (Fsp3) is 0.333. The Morgan fingerprint density at radius 1 is 1.20 bits per heavy atom. The van der Waals surface area contributed by atoms with Crippen molar-refractivity contribution in [3.63, 3.8) is 0 Å². The van der Waals surface area contributed by atoms with Gasteiger partial charge in [-0.25, -0.2) is 0 Å². The monoisotopic (exact) mass is 148 g/mol. The Bertz CT molecular complexity index is 188. The normalized spacial score (nSPS) is 9.70. The van der Waals surface area contributed by atoms with Crippen LogP contribution in [0.5, 0.6) is 0 Å². The zero-order valence-corrected chi connectivity index (χ0v) is 8.72. The lowest BCUT2D eigenvalue weighted by molar-refractivity contribution is 1.13. The van der Waals surface area contributed by atoms with E-state index in [1.54, 1.807) is 0 Å². The molecule has 1 rings (SSSR count). The number of benzene rings is 1. The van der Waals surface area contributed by atoms with Gasteiger partial charge < -0.3 is 0 Å². The van der Waals surface area contributed by atoms with Crippen LogP contribution in [0.25, 0.3) is 0 Å². The van der Waals surface area contributed by atoms with Crippen LogP contribution in [0, 0.1) is 6.92 Å². The third-order valence-electron chi connectivity index (χ3n) is 1.66. The van der Waals surface area contributed by atoms with Crippen molar-refractivity contribution in [3.8, 4) is 0 Å². The second-order valence-corrected chi connectivity index (χ2v) is 3.74. The van der Waals surface area contributed by atoms with Gasteiger partial charge >= 0.3 is 0 Å². The Balaban J connectivity index is 2.69. The summed E-state index contributed by atoms with van der Waals surface area (Å²) in [6.45, 7) is 2.13. The van der Waals surface area contributed by atoms with E-state index in [1.807, 2.05) is 0 Å². The van der Waals surface area contributed by atoms with Crippen molar-refractivity contribution in [1.29, 1.82) is 0 Å². The molecule has 0 bridgehead atoms. The largest absolute Gasteiger partial charge is 0.212 e. The standard InChI is InChI=1S/C9H11.Al.2H/c1-3-9-6-4-8(2)5-7-9;;;/h4-7H,1,3H2,2H3;;;. The van der Waals surface area contributed by atoms with Gasteiger partial charge in [0.1, 0.15) is 0 Å². The molecule has 0 aromatic heterocycles. The van der Waals surface area contributed by atoms with Gasteiger partial charge in [-0.1, -0.05) is 35.1 Å². The third kappa shape index (κ3) is 2.17. The third-order valence-corrected chi connectivity index (χ3v) is 2.16. The van der Waals surface area contributed by atoms with Crippen LogP contribution in [0.3, 0.4) is 0 Å². The lowest BCUT2D eigenvalue weighted by Gasteiger charge is -1.97. The molecule has 0 aliphatic carbocycles. The van der Waals surface area contributed by atoms with Gasteiger partial charge in [-0.15, -0.1) is 0 Å². The summed E-state index contributed by atoms with van der Waals surface area (Å²) in [5.74, 6) is 0. The molecule has 10 heavy (non-hydrogen) atoms. The van der Waals surface area contributed by atoms with Crippen LogP contribution in [-0.4, -0.2) is 16.3 Å². The zero-order chi connectivity index (χ0) is 7.40. The zero-order valence-electron chi connectivity index (χ0n) is 6.72. The maximum atomic E-state index is 2.23. The van der Waals surface area contributed by atoms with E-state index in [2.05, 4.69) is 31.2 Å². The van der Waals surface area contributed by atoms with Crippen LogP contribution in [0.2, 0.25) is 5.28 Å². The molecule has 52 valence electrons. The average Bonchev–Trinajstić information content (AvgIpc) is 1.95. The lowest BCUT2D eigenvalue weighted by Crippen LogP contribution is -1.82. The number of hydrogen-bond acceptors (Lipinski definition) is 0. The second kappa shape index (κ2) is 3.81. The van der Waals surface area contributed by atoms with Crippen molar-refractivity contribution in [3.05, 3.63) is 35.4 Å². The summed E-state index contributed by atoms with van der Waals surface area (Å²) in [6.07, 6.45) is 1.27. The maximum Gasteiger partial charge on any atom is 0.212 e. The Hall–Kier alpha value is -0.248. The molecule has 1 aromatic carbocycles. The quantitative estimate of drug-likeness (QED) is 0.559. The van der Waals surface area contributed by atoms with Gasteiger partial charge in [0.25, 0.3) is 0 Å². The molecule has 0 radical (unpaired) electrons. The van der Waals surface area contributed by atoms with Crippen LogP contribution in [0.4, 0.5) is 0 Å². The van der Waals surface area contributed by atoms with E-state index in [1.165, 1.54) is 39.1 Å². The topological polar surface area (TPSA) is 0 Å². The van der Waals surface area contributed by atoms with E-state index in [4.69, 9.17) is 0 Å². The maximum absolute atomic E-state index is 2.23. The molecule has 0 N–H and O–H groups in total. The lowest BCUT2D eigenvalue weighted by atomic mass is 10.1. The first kappa shape index (κ1) is 7.86. The van der Waals surface area contributed by atoms with Gasteiger partial charge in [0.15, 0.2) is 0 Å². The van der Waals surface area contributed by atoms with Gasteiger partial charge in [0.05, 0.1) is 0 Å². The van der Waals surface area contributed by atoms with Gasteiger partial charge in [0, 0.05) is 0 Å². The molecule has 0 nitrogen and oxygen atoms in total. The highest BCUT2D eigenvalue weighted by atomic mass is 27.0. The van der Waals surface area contributed by atoms with Crippen LogP contribution < -0.4 is 0 Å². The minimum atomic E-state index is 1.27. The summed E-state index contributed by atoms with van der Waals surface area (Å²) in [5.41, 5.74) is 2.85. The fourth-order valence-corrected chi connectivity index (χ4v) is 1.62. The van der Waals surface area contributed by atoms with Crippen LogP contribution in [-0.2, 0) is 6.42 Å². The van der Waals surface area contributed by atoms with Gasteiger partial charge in [-0.3, -0.25) is 0 Å². The smallest absolute Gasteiger partial charge is 0.0973 e. The van der Waals surface area contributed by atoms with Gasteiger partial charge in [-0.2, -0.15) is 0 Å². The summed E-state index contributed by atoms with van der Waals surface area (Å²) in [4.78, 5) is 0. The van der Waals surface area contributed by atoms with E-state index in [0.717, 1.165) is 0 Å². The molecule has 0 saturated carbocycles. The first-order valence-electron chi connectivity index (χ1n) is 3.88. The van der Waals surface area contributed by atoms with E-state index >= 15 is 0 Å². The Kier molecular flexibility index (Phi) is 2.99. The highest BCUT2D eigenvalue weighted by Crippen LogP contribution is 2.04. The van der Waals surface area contributed by atoms with Crippen LogP contribution in [0.1, 0.15) is 11.1 Å². The highest BCUT2D eigenvalue weighted by molar-refractivity contribution is 6.08. The van der Waals surface area contributed by atoms with Crippen LogP contribution in [0.15, 0.2) is 24.3 Å². The highest BCUT2D eigenvalue weighted by Gasteiger charge is 1.88. The van der Waals surface area contributed by atoms with E-state index in [9.17, 15) is 0 Å². The summed E-state index contributed by atoms with van der Waals surface area (Å²) >= 11 is 1.32. The molecule has 0 heterocycles. The van der Waals surface area contributed by atoms with Crippen LogP contribution >= 0.6 is 0 Å². The van der Waals surface area contributed by atoms with E-state index in [0.29, 0.717) is 0 Å². The predicted molar refractivity (Wildman–Crippen MR) is 48.2 cm³/mol. The van der Waals surface area contributed by atoms with Crippen molar-refractivity contribution in [2.75, 3.05) is 0 Å². The first-order chi connectivity index (χ1) is 4.83. The first-order valence-corrected chi connectivity index (χ1v) is 5.30. The molecule has 0 spiro atoms. The van der Waals surface area contributed by atoms with Gasteiger partial charge in [-0.05, 0) is 18.9 Å². The number of aryl methyl sites for hydroxylation is 2. The molecular formula is C9H13Al. The molecule has 0 saturated heterocycles. The molecule has 1 aromatic rings. The molecular weight excluding hydrogens is 135 g/mol. The van der Waals surface area contributed by atoms with E-state index in [-0.39, 0.29) is 0 Å². The summed E-state index contributed by atoms with van der Waals surface area (Å²) < 4.78 is 0. The van der Waals surface area contributed by atoms with E-state index < -0.39 is 0 Å². The molecule has 0 aliphatic heterocycles. The molecule has 0 unspecified atom stereocenters.